The highest BCUT2D eigenvalue weighted by Gasteiger charge is 2.55. The molecular weight excluding hydrogens is 398 g/mol. The fourth-order valence-corrected chi connectivity index (χ4v) is 5.51. The quantitative estimate of drug-likeness (QED) is 0.751. The zero-order valence-corrected chi connectivity index (χ0v) is 17.8. The van der Waals surface area contributed by atoms with Crippen LogP contribution in [0.4, 0.5) is 0 Å². The Labute approximate surface area is 182 Å². The van der Waals surface area contributed by atoms with E-state index in [0.717, 1.165) is 49.9 Å². The highest BCUT2D eigenvalue weighted by Crippen LogP contribution is 2.48. The smallest absolute Gasteiger partial charge is 0.233 e. The van der Waals surface area contributed by atoms with Crippen LogP contribution < -0.4 is 0 Å². The average Bonchev–Trinajstić information content (AvgIpc) is 3.29. The Balaban J connectivity index is 1.31. The fraction of sp³-hybridized carbons (Fsp3) is 0.458. The lowest BCUT2D eigenvalue weighted by atomic mass is 9.63. The second kappa shape index (κ2) is 7.38. The van der Waals surface area contributed by atoms with Crippen molar-refractivity contribution < 1.29 is 9.59 Å². The van der Waals surface area contributed by atoms with Gasteiger partial charge in [0.1, 0.15) is 0 Å². The molecule has 1 atom stereocenters. The molecule has 1 aromatic heterocycles. The average molecular weight is 424 g/mol. The van der Waals surface area contributed by atoms with Crippen LogP contribution in [-0.2, 0) is 21.5 Å². The maximum Gasteiger partial charge on any atom is 0.233 e. The monoisotopic (exact) mass is 423 g/mol. The van der Waals surface area contributed by atoms with Gasteiger partial charge in [-0.3, -0.25) is 14.6 Å². The molecule has 0 N–H and O–H groups in total. The second-order valence-electron chi connectivity index (χ2n) is 9.00. The molecule has 6 heteroatoms. The molecule has 3 aliphatic rings. The van der Waals surface area contributed by atoms with Crippen LogP contribution in [0.1, 0.15) is 43.4 Å². The molecule has 5 nitrogen and oxygen atoms in total. The number of hydrogen-bond acceptors (Lipinski definition) is 3. The molecule has 1 spiro atoms. The van der Waals surface area contributed by atoms with Crippen LogP contribution >= 0.6 is 11.6 Å². The van der Waals surface area contributed by atoms with Crippen LogP contribution in [-0.4, -0.2) is 46.2 Å². The third-order valence-corrected chi connectivity index (χ3v) is 7.59. The summed E-state index contributed by atoms with van der Waals surface area (Å²) < 4.78 is 0. The van der Waals surface area contributed by atoms with Gasteiger partial charge in [0, 0.05) is 30.9 Å². The Bertz CT molecular complexity index is 958. The number of pyridine rings is 1. The molecule has 30 heavy (non-hydrogen) atoms. The molecule has 2 aliphatic heterocycles. The number of amides is 2. The van der Waals surface area contributed by atoms with Gasteiger partial charge in [0.2, 0.25) is 11.8 Å². The number of carbonyl (C=O) groups excluding carboxylic acids is 2. The minimum atomic E-state index is -0.439. The number of hydrogen-bond donors (Lipinski definition) is 0. The van der Waals surface area contributed by atoms with Gasteiger partial charge in [0.15, 0.2) is 0 Å². The van der Waals surface area contributed by atoms with Gasteiger partial charge >= 0.3 is 0 Å². The highest BCUT2D eigenvalue weighted by atomic mass is 35.5. The molecule has 0 radical (unpaired) electrons. The maximum atomic E-state index is 13.6. The lowest BCUT2D eigenvalue weighted by molar-refractivity contribution is -0.141. The zero-order valence-electron chi connectivity index (χ0n) is 17.0. The van der Waals surface area contributed by atoms with Gasteiger partial charge < -0.3 is 9.80 Å². The summed E-state index contributed by atoms with van der Waals surface area (Å²) in [6, 6.07) is 13.5. The molecule has 1 unspecified atom stereocenters. The van der Waals surface area contributed by atoms with Gasteiger partial charge in [-0.15, -0.1) is 0 Å². The van der Waals surface area contributed by atoms with Crippen LogP contribution in [0.2, 0.25) is 5.02 Å². The van der Waals surface area contributed by atoms with E-state index < -0.39 is 10.8 Å². The van der Waals surface area contributed by atoms with Crippen molar-refractivity contribution in [3.05, 3.63) is 64.9 Å². The van der Waals surface area contributed by atoms with Crippen LogP contribution in [0.25, 0.3) is 0 Å². The van der Waals surface area contributed by atoms with Crippen molar-refractivity contribution in [2.75, 3.05) is 19.6 Å². The van der Waals surface area contributed by atoms with Gasteiger partial charge in [-0.2, -0.15) is 0 Å². The summed E-state index contributed by atoms with van der Waals surface area (Å²) in [5.74, 6) is 0.363. The van der Waals surface area contributed by atoms with E-state index in [1.54, 1.807) is 6.20 Å². The number of nitrogens with zero attached hydrogens (tertiary/aromatic N) is 3. The van der Waals surface area contributed by atoms with E-state index in [0.29, 0.717) is 24.7 Å². The Morgan fingerprint density at radius 1 is 1.03 bits per heavy atom. The van der Waals surface area contributed by atoms with Crippen molar-refractivity contribution in [2.24, 2.45) is 5.41 Å². The van der Waals surface area contributed by atoms with E-state index in [1.165, 1.54) is 0 Å². The highest BCUT2D eigenvalue weighted by molar-refractivity contribution is 6.30. The van der Waals surface area contributed by atoms with Crippen molar-refractivity contribution in [2.45, 2.75) is 44.1 Å². The van der Waals surface area contributed by atoms with Crippen LogP contribution in [0.3, 0.4) is 0 Å². The number of aromatic nitrogens is 1. The molecule has 1 saturated carbocycles. The molecule has 156 valence electrons. The van der Waals surface area contributed by atoms with Crippen LogP contribution in [0.5, 0.6) is 0 Å². The molecule has 0 bridgehead atoms. The van der Waals surface area contributed by atoms with Gasteiger partial charge in [-0.05, 0) is 55.5 Å². The standard InChI is InChI=1S/C24H26ClN3O2/c25-19-7-5-18(6-8-19)24(9-3-10-24)22(30)28-15-12-23(17-28)11-14-27(21(23)29)16-20-4-1-2-13-26-20/h1-2,4-8,13H,3,9-12,14-17H2. The van der Waals surface area contributed by atoms with E-state index in [4.69, 9.17) is 11.6 Å². The summed E-state index contributed by atoms with van der Waals surface area (Å²) in [5.41, 5.74) is 1.10. The number of likely N-dealkylation sites (tertiary alicyclic amines) is 2. The van der Waals surface area contributed by atoms with Crippen molar-refractivity contribution >= 4 is 23.4 Å². The molecule has 3 fully saturated rings. The van der Waals surface area contributed by atoms with Gasteiger partial charge in [0.25, 0.3) is 0 Å². The van der Waals surface area contributed by atoms with Crippen molar-refractivity contribution in [1.29, 1.82) is 0 Å². The van der Waals surface area contributed by atoms with E-state index >= 15 is 0 Å². The SMILES string of the molecule is O=C1N(Cc2ccccn2)CCC12CCN(C(=O)C1(c3ccc(Cl)cc3)CCC1)C2. The Morgan fingerprint density at radius 3 is 2.47 bits per heavy atom. The predicted octanol–water partition coefficient (Wildman–Crippen LogP) is 3.81. The van der Waals surface area contributed by atoms with E-state index in [-0.39, 0.29) is 11.8 Å². The van der Waals surface area contributed by atoms with Crippen molar-refractivity contribution in [3.8, 4) is 0 Å². The number of benzene rings is 1. The third-order valence-electron chi connectivity index (χ3n) is 7.33. The first-order valence-corrected chi connectivity index (χ1v) is 11.2. The topological polar surface area (TPSA) is 53.5 Å². The Kier molecular flexibility index (Phi) is 4.81. The fourth-order valence-electron chi connectivity index (χ4n) is 5.38. The molecule has 2 amide bonds. The molecule has 5 rings (SSSR count). The second-order valence-corrected chi connectivity index (χ2v) is 9.43. The zero-order chi connectivity index (χ0) is 20.8. The largest absolute Gasteiger partial charge is 0.341 e. The Morgan fingerprint density at radius 2 is 1.80 bits per heavy atom. The first-order chi connectivity index (χ1) is 14.5. The third kappa shape index (κ3) is 3.11. The van der Waals surface area contributed by atoms with E-state index in [1.807, 2.05) is 52.3 Å². The van der Waals surface area contributed by atoms with Gasteiger partial charge in [0.05, 0.1) is 23.1 Å². The van der Waals surface area contributed by atoms with Crippen LogP contribution in [0.15, 0.2) is 48.7 Å². The van der Waals surface area contributed by atoms with Gasteiger partial charge in [-0.25, -0.2) is 0 Å². The number of halogens is 1. The summed E-state index contributed by atoms with van der Waals surface area (Å²) in [4.78, 5) is 35.1. The molecule has 3 heterocycles. The van der Waals surface area contributed by atoms with Crippen molar-refractivity contribution in [1.82, 2.24) is 14.8 Å². The summed E-state index contributed by atoms with van der Waals surface area (Å²) in [5, 5.41) is 0.686. The van der Waals surface area contributed by atoms with E-state index in [9.17, 15) is 9.59 Å². The predicted molar refractivity (Wildman–Crippen MR) is 115 cm³/mol. The number of carbonyl (C=O) groups is 2. The first-order valence-electron chi connectivity index (χ1n) is 10.8. The van der Waals surface area contributed by atoms with Crippen LogP contribution in [0, 0.1) is 5.41 Å². The van der Waals surface area contributed by atoms with E-state index in [2.05, 4.69) is 4.98 Å². The summed E-state index contributed by atoms with van der Waals surface area (Å²) >= 11 is 6.06. The number of rotatable bonds is 4. The summed E-state index contributed by atoms with van der Waals surface area (Å²) in [6.07, 6.45) is 6.14. The lowest BCUT2D eigenvalue weighted by Crippen LogP contribution is -2.51. The molecule has 2 aromatic rings. The molecule has 1 aliphatic carbocycles. The molecular formula is C24H26ClN3O2. The first kappa shape index (κ1) is 19.6. The minimum Gasteiger partial charge on any atom is -0.341 e. The normalized spacial score (nSPS) is 25.0. The molecule has 2 saturated heterocycles. The van der Waals surface area contributed by atoms with Gasteiger partial charge in [-0.1, -0.05) is 36.2 Å². The van der Waals surface area contributed by atoms with Crippen molar-refractivity contribution in [3.63, 3.8) is 0 Å². The summed E-state index contributed by atoms with van der Waals surface area (Å²) in [6.45, 7) is 2.49. The molecule has 1 aromatic carbocycles. The lowest BCUT2D eigenvalue weighted by Gasteiger charge is -2.43. The maximum absolute atomic E-state index is 13.6. The Hall–Kier alpha value is -2.40. The summed E-state index contributed by atoms with van der Waals surface area (Å²) in [7, 11) is 0. The minimum absolute atomic E-state index is 0.178.